The first-order valence-corrected chi connectivity index (χ1v) is 9.80. The quantitative estimate of drug-likeness (QED) is 0.700. The predicted molar refractivity (Wildman–Crippen MR) is 112 cm³/mol. The summed E-state index contributed by atoms with van der Waals surface area (Å²) in [5.74, 6) is 0.0558. The lowest BCUT2D eigenvalue weighted by Crippen LogP contribution is -2.34. The summed E-state index contributed by atoms with van der Waals surface area (Å²) in [4.78, 5) is 17.6. The van der Waals surface area contributed by atoms with Gasteiger partial charge in [0.1, 0.15) is 0 Å². The van der Waals surface area contributed by atoms with Gasteiger partial charge in [-0.05, 0) is 37.1 Å². The van der Waals surface area contributed by atoms with E-state index in [4.69, 9.17) is 0 Å². The average molecular weight is 374 g/mol. The summed E-state index contributed by atoms with van der Waals surface area (Å²) in [5, 5.41) is 4.54. The predicted octanol–water partition coefficient (Wildman–Crippen LogP) is 3.84. The molecule has 1 amide bonds. The van der Waals surface area contributed by atoms with Gasteiger partial charge in [0.2, 0.25) is 0 Å². The van der Waals surface area contributed by atoms with E-state index < -0.39 is 0 Å². The SMILES string of the molecule is CCc1c(C(=O)N2CCN(C)c3ccccc3C2)cnn1-c1ccc(C)cc1. The number of likely N-dealkylation sites (N-methyl/N-ethyl adjacent to an activating group) is 1. The molecule has 1 aliphatic heterocycles. The van der Waals surface area contributed by atoms with Gasteiger partial charge in [0.25, 0.3) is 5.91 Å². The van der Waals surface area contributed by atoms with Crippen molar-refractivity contribution >= 4 is 11.6 Å². The largest absolute Gasteiger partial charge is 0.373 e. The minimum Gasteiger partial charge on any atom is -0.373 e. The molecule has 2 heterocycles. The molecular formula is C23H26N4O. The lowest BCUT2D eigenvalue weighted by molar-refractivity contribution is 0.0750. The van der Waals surface area contributed by atoms with E-state index >= 15 is 0 Å². The Hall–Kier alpha value is -3.08. The highest BCUT2D eigenvalue weighted by molar-refractivity contribution is 5.95. The number of hydrogen-bond acceptors (Lipinski definition) is 3. The van der Waals surface area contributed by atoms with Crippen LogP contribution in [0.1, 0.15) is 34.1 Å². The molecule has 1 aromatic heterocycles. The van der Waals surface area contributed by atoms with Crippen LogP contribution in [-0.2, 0) is 13.0 Å². The molecule has 5 heteroatoms. The Kier molecular flexibility index (Phi) is 4.90. The Labute approximate surface area is 166 Å². The van der Waals surface area contributed by atoms with Gasteiger partial charge in [0, 0.05) is 32.4 Å². The van der Waals surface area contributed by atoms with E-state index in [1.165, 1.54) is 16.8 Å². The zero-order valence-corrected chi connectivity index (χ0v) is 16.7. The van der Waals surface area contributed by atoms with E-state index in [9.17, 15) is 4.79 Å². The molecule has 0 unspecified atom stereocenters. The Bertz CT molecular complexity index is 990. The van der Waals surface area contributed by atoms with Crippen LogP contribution in [0.2, 0.25) is 0 Å². The summed E-state index contributed by atoms with van der Waals surface area (Å²) in [7, 11) is 2.08. The number of hydrogen-bond donors (Lipinski definition) is 0. The van der Waals surface area contributed by atoms with Crippen LogP contribution < -0.4 is 4.90 Å². The molecule has 28 heavy (non-hydrogen) atoms. The van der Waals surface area contributed by atoms with Crippen molar-refractivity contribution in [3.8, 4) is 5.69 Å². The molecule has 0 saturated carbocycles. The van der Waals surface area contributed by atoms with Crippen molar-refractivity contribution in [1.29, 1.82) is 0 Å². The summed E-state index contributed by atoms with van der Waals surface area (Å²) in [6.45, 7) is 6.28. The first-order valence-electron chi connectivity index (χ1n) is 9.80. The van der Waals surface area contributed by atoms with Crippen molar-refractivity contribution in [3.05, 3.63) is 77.1 Å². The number of carbonyl (C=O) groups excluding carboxylic acids is 1. The summed E-state index contributed by atoms with van der Waals surface area (Å²) >= 11 is 0. The third-order valence-corrected chi connectivity index (χ3v) is 5.47. The molecule has 0 aliphatic carbocycles. The molecular weight excluding hydrogens is 348 g/mol. The van der Waals surface area contributed by atoms with Crippen LogP contribution >= 0.6 is 0 Å². The average Bonchev–Trinajstić information content (AvgIpc) is 3.07. The monoisotopic (exact) mass is 374 g/mol. The van der Waals surface area contributed by atoms with Crippen molar-refractivity contribution in [2.24, 2.45) is 0 Å². The van der Waals surface area contributed by atoms with E-state index in [0.717, 1.165) is 24.3 Å². The molecule has 4 rings (SSSR count). The van der Waals surface area contributed by atoms with Gasteiger partial charge in [-0.15, -0.1) is 0 Å². The Morgan fingerprint density at radius 2 is 1.82 bits per heavy atom. The summed E-state index contributed by atoms with van der Waals surface area (Å²) in [5.41, 5.74) is 6.23. The van der Waals surface area contributed by atoms with Crippen molar-refractivity contribution in [2.45, 2.75) is 26.8 Å². The number of fused-ring (bicyclic) bond motifs is 1. The molecule has 0 N–H and O–H groups in total. The van der Waals surface area contributed by atoms with Gasteiger partial charge in [-0.1, -0.05) is 42.8 Å². The third-order valence-electron chi connectivity index (χ3n) is 5.47. The normalized spacial score (nSPS) is 14.0. The Morgan fingerprint density at radius 1 is 1.07 bits per heavy atom. The fourth-order valence-electron chi connectivity index (χ4n) is 3.84. The second-order valence-corrected chi connectivity index (χ2v) is 7.38. The molecule has 144 valence electrons. The standard InChI is InChI=1S/C23H26N4O/c1-4-21-20(15-24-27(21)19-11-9-17(2)10-12-19)23(28)26-14-13-25(3)22-8-6-5-7-18(22)16-26/h5-12,15H,4,13-14,16H2,1-3H3. The van der Waals surface area contributed by atoms with Gasteiger partial charge in [-0.2, -0.15) is 5.10 Å². The minimum atomic E-state index is 0.0558. The molecule has 5 nitrogen and oxygen atoms in total. The van der Waals surface area contributed by atoms with Crippen LogP contribution in [0, 0.1) is 6.92 Å². The number of para-hydroxylation sites is 1. The van der Waals surface area contributed by atoms with E-state index in [1.54, 1.807) is 6.20 Å². The van der Waals surface area contributed by atoms with Crippen LogP contribution in [0.3, 0.4) is 0 Å². The Balaban J connectivity index is 1.66. The smallest absolute Gasteiger partial charge is 0.257 e. The Morgan fingerprint density at radius 3 is 2.57 bits per heavy atom. The molecule has 2 aromatic carbocycles. The highest BCUT2D eigenvalue weighted by Crippen LogP contribution is 2.25. The van der Waals surface area contributed by atoms with Crippen LogP contribution in [0.5, 0.6) is 0 Å². The van der Waals surface area contributed by atoms with Crippen LogP contribution in [-0.4, -0.2) is 40.7 Å². The van der Waals surface area contributed by atoms with Crippen LogP contribution in [0.25, 0.3) is 5.69 Å². The number of aryl methyl sites for hydroxylation is 1. The van der Waals surface area contributed by atoms with Crippen LogP contribution in [0.4, 0.5) is 5.69 Å². The van der Waals surface area contributed by atoms with E-state index in [1.807, 2.05) is 33.8 Å². The number of aromatic nitrogens is 2. The number of nitrogens with zero attached hydrogens (tertiary/aromatic N) is 4. The van der Waals surface area contributed by atoms with Gasteiger partial charge in [-0.3, -0.25) is 4.79 Å². The van der Waals surface area contributed by atoms with Gasteiger partial charge in [0.05, 0.1) is 23.1 Å². The van der Waals surface area contributed by atoms with Gasteiger partial charge in [0.15, 0.2) is 0 Å². The van der Waals surface area contributed by atoms with Crippen molar-refractivity contribution in [3.63, 3.8) is 0 Å². The molecule has 0 fully saturated rings. The molecule has 1 aliphatic rings. The summed E-state index contributed by atoms with van der Waals surface area (Å²) < 4.78 is 1.89. The van der Waals surface area contributed by atoms with Gasteiger partial charge < -0.3 is 9.80 Å². The second kappa shape index (κ2) is 7.50. The molecule has 3 aromatic rings. The highest BCUT2D eigenvalue weighted by atomic mass is 16.2. The fraction of sp³-hybridized carbons (Fsp3) is 0.304. The molecule has 0 saturated heterocycles. The van der Waals surface area contributed by atoms with Crippen molar-refractivity contribution < 1.29 is 4.79 Å². The number of amides is 1. The molecule has 0 bridgehead atoms. The fourth-order valence-corrected chi connectivity index (χ4v) is 3.84. The van der Waals surface area contributed by atoms with Gasteiger partial charge in [-0.25, -0.2) is 4.68 Å². The zero-order valence-electron chi connectivity index (χ0n) is 16.7. The van der Waals surface area contributed by atoms with E-state index in [2.05, 4.69) is 55.2 Å². The molecule has 0 radical (unpaired) electrons. The van der Waals surface area contributed by atoms with Crippen LogP contribution in [0.15, 0.2) is 54.7 Å². The molecule has 0 spiro atoms. The van der Waals surface area contributed by atoms with Crippen molar-refractivity contribution in [1.82, 2.24) is 14.7 Å². The summed E-state index contributed by atoms with van der Waals surface area (Å²) in [6, 6.07) is 16.5. The van der Waals surface area contributed by atoms with Gasteiger partial charge >= 0.3 is 0 Å². The van der Waals surface area contributed by atoms with E-state index in [-0.39, 0.29) is 5.91 Å². The summed E-state index contributed by atoms with van der Waals surface area (Å²) in [6.07, 6.45) is 2.47. The number of carbonyl (C=O) groups is 1. The number of benzene rings is 2. The lowest BCUT2D eigenvalue weighted by Gasteiger charge is -2.21. The number of rotatable bonds is 3. The minimum absolute atomic E-state index is 0.0558. The second-order valence-electron chi connectivity index (χ2n) is 7.38. The maximum Gasteiger partial charge on any atom is 0.257 e. The lowest BCUT2D eigenvalue weighted by atomic mass is 10.1. The molecule has 0 atom stereocenters. The zero-order chi connectivity index (χ0) is 19.7. The van der Waals surface area contributed by atoms with Crippen molar-refractivity contribution in [2.75, 3.05) is 25.0 Å². The highest BCUT2D eigenvalue weighted by Gasteiger charge is 2.25. The number of anilines is 1. The third kappa shape index (κ3) is 3.28. The topological polar surface area (TPSA) is 41.4 Å². The first-order chi connectivity index (χ1) is 13.6. The maximum atomic E-state index is 13.4. The maximum absolute atomic E-state index is 13.4. The first kappa shape index (κ1) is 18.3. The van der Waals surface area contributed by atoms with E-state index in [0.29, 0.717) is 18.7 Å².